The molecule has 0 aliphatic carbocycles. The molecule has 0 fully saturated rings. The average molecular weight is 365 g/mol. The van der Waals surface area contributed by atoms with Crippen LogP contribution < -0.4 is 10.6 Å². The van der Waals surface area contributed by atoms with E-state index in [1.165, 1.54) is 0 Å². The first-order valence-electron chi connectivity index (χ1n) is 9.54. The van der Waals surface area contributed by atoms with Crippen molar-refractivity contribution in [3.05, 3.63) is 0 Å². The van der Waals surface area contributed by atoms with E-state index in [4.69, 9.17) is 23.7 Å². The summed E-state index contributed by atoms with van der Waals surface area (Å²) in [6.45, 7) is 12.7. The van der Waals surface area contributed by atoms with E-state index in [1.54, 1.807) is 0 Å². The van der Waals surface area contributed by atoms with Crippen LogP contribution in [0.25, 0.3) is 0 Å². The minimum atomic E-state index is 0.537. The van der Waals surface area contributed by atoms with Gasteiger partial charge in [-0.25, -0.2) is 0 Å². The Labute approximate surface area is 154 Å². The van der Waals surface area contributed by atoms with Gasteiger partial charge in [0, 0.05) is 19.3 Å². The average Bonchev–Trinajstić information content (AvgIpc) is 2.60. The van der Waals surface area contributed by atoms with Crippen LogP contribution in [-0.4, -0.2) is 92.2 Å². The van der Waals surface area contributed by atoms with Gasteiger partial charge in [0.15, 0.2) is 0 Å². The molecule has 0 aromatic heterocycles. The summed E-state index contributed by atoms with van der Waals surface area (Å²) in [6, 6.07) is 0.537. The van der Waals surface area contributed by atoms with Crippen LogP contribution >= 0.6 is 0 Å². The van der Waals surface area contributed by atoms with E-state index in [2.05, 4.69) is 24.5 Å². The maximum Gasteiger partial charge on any atom is 0.0701 e. The monoisotopic (exact) mass is 364 g/mol. The third kappa shape index (κ3) is 23.7. The highest BCUT2D eigenvalue weighted by atomic mass is 16.6. The van der Waals surface area contributed by atoms with E-state index >= 15 is 0 Å². The van der Waals surface area contributed by atoms with E-state index in [1.807, 2.05) is 7.05 Å². The topological polar surface area (TPSA) is 70.2 Å². The summed E-state index contributed by atoms with van der Waals surface area (Å²) in [4.78, 5) is 0. The smallest absolute Gasteiger partial charge is 0.0701 e. The van der Waals surface area contributed by atoms with Gasteiger partial charge in [-0.3, -0.25) is 0 Å². The maximum absolute atomic E-state index is 5.49. The molecule has 0 aromatic carbocycles. The highest BCUT2D eigenvalue weighted by Crippen LogP contribution is 1.86. The molecule has 0 heterocycles. The Morgan fingerprint density at radius 3 is 1.28 bits per heavy atom. The predicted octanol–water partition coefficient (Wildman–Crippen LogP) is 1.07. The molecule has 0 spiro atoms. The molecule has 0 saturated heterocycles. The van der Waals surface area contributed by atoms with Crippen LogP contribution in [-0.2, 0) is 23.7 Å². The van der Waals surface area contributed by atoms with E-state index in [9.17, 15) is 0 Å². The van der Waals surface area contributed by atoms with Crippen molar-refractivity contribution in [1.29, 1.82) is 0 Å². The van der Waals surface area contributed by atoms with E-state index in [0.29, 0.717) is 58.9 Å². The highest BCUT2D eigenvalue weighted by Gasteiger charge is 1.95. The van der Waals surface area contributed by atoms with Crippen LogP contribution in [0.3, 0.4) is 0 Å². The standard InChI is InChI=1S/C18H40N2O5/c1-18(2)20-7-5-9-22-11-13-24-15-17-25-16-14-23-12-10-21-8-4-6-19-3/h18-20H,4-17H2,1-3H3. The fraction of sp³-hybridized carbons (Fsp3) is 1.00. The second-order valence-corrected chi connectivity index (χ2v) is 5.98. The molecule has 152 valence electrons. The molecule has 0 unspecified atom stereocenters. The van der Waals surface area contributed by atoms with Gasteiger partial charge in [0.2, 0.25) is 0 Å². The molecular weight excluding hydrogens is 324 g/mol. The van der Waals surface area contributed by atoms with Crippen LogP contribution in [0.2, 0.25) is 0 Å². The van der Waals surface area contributed by atoms with Crippen LogP contribution in [0.5, 0.6) is 0 Å². The third-order valence-electron chi connectivity index (χ3n) is 3.22. The van der Waals surface area contributed by atoms with E-state index in [-0.39, 0.29) is 0 Å². The van der Waals surface area contributed by atoms with Gasteiger partial charge in [0.1, 0.15) is 0 Å². The Morgan fingerprint density at radius 2 is 0.920 bits per heavy atom. The van der Waals surface area contributed by atoms with Crippen molar-refractivity contribution in [2.24, 2.45) is 0 Å². The largest absolute Gasteiger partial charge is 0.379 e. The first-order valence-corrected chi connectivity index (χ1v) is 9.54. The highest BCUT2D eigenvalue weighted by molar-refractivity contribution is 4.51. The van der Waals surface area contributed by atoms with Crippen LogP contribution in [0.4, 0.5) is 0 Å². The molecule has 7 nitrogen and oxygen atoms in total. The number of ether oxygens (including phenoxy) is 5. The minimum absolute atomic E-state index is 0.537. The quantitative estimate of drug-likeness (QED) is 0.295. The lowest BCUT2D eigenvalue weighted by molar-refractivity contribution is -0.0112. The van der Waals surface area contributed by atoms with Crippen LogP contribution in [0.1, 0.15) is 26.7 Å². The van der Waals surface area contributed by atoms with Gasteiger partial charge < -0.3 is 34.3 Å². The molecule has 2 N–H and O–H groups in total. The molecule has 0 atom stereocenters. The first-order chi connectivity index (χ1) is 12.3. The summed E-state index contributed by atoms with van der Waals surface area (Å²) in [7, 11) is 1.94. The van der Waals surface area contributed by atoms with Gasteiger partial charge in [0.25, 0.3) is 0 Å². The van der Waals surface area contributed by atoms with Gasteiger partial charge in [-0.05, 0) is 33.0 Å². The second kappa shape index (κ2) is 21.8. The summed E-state index contributed by atoms with van der Waals surface area (Å²) >= 11 is 0. The van der Waals surface area contributed by atoms with Gasteiger partial charge in [-0.1, -0.05) is 13.8 Å². The number of hydrogen-bond acceptors (Lipinski definition) is 7. The Hall–Kier alpha value is -0.280. The lowest BCUT2D eigenvalue weighted by Crippen LogP contribution is -2.24. The molecule has 0 aromatic rings. The van der Waals surface area contributed by atoms with Crippen molar-refractivity contribution in [1.82, 2.24) is 10.6 Å². The van der Waals surface area contributed by atoms with Crippen LogP contribution in [0, 0.1) is 0 Å². The van der Waals surface area contributed by atoms with Crippen molar-refractivity contribution >= 4 is 0 Å². The van der Waals surface area contributed by atoms with Crippen LogP contribution in [0.15, 0.2) is 0 Å². The van der Waals surface area contributed by atoms with Crippen molar-refractivity contribution < 1.29 is 23.7 Å². The van der Waals surface area contributed by atoms with Gasteiger partial charge in [-0.15, -0.1) is 0 Å². The third-order valence-corrected chi connectivity index (χ3v) is 3.22. The SMILES string of the molecule is CNCCCOCCOCCOCCOCCOCCCNC(C)C. The summed E-state index contributed by atoms with van der Waals surface area (Å²) in [6.07, 6.45) is 2.06. The van der Waals surface area contributed by atoms with Gasteiger partial charge in [0.05, 0.1) is 52.9 Å². The maximum atomic E-state index is 5.49. The summed E-state index contributed by atoms with van der Waals surface area (Å²) in [5, 5.41) is 6.44. The number of nitrogens with one attached hydrogen (secondary N) is 2. The molecule has 0 radical (unpaired) electrons. The minimum Gasteiger partial charge on any atom is -0.379 e. The molecule has 0 amide bonds. The lowest BCUT2D eigenvalue weighted by Gasteiger charge is -2.09. The van der Waals surface area contributed by atoms with Crippen molar-refractivity contribution in [2.45, 2.75) is 32.7 Å². The Balaban J connectivity index is 2.96. The zero-order valence-electron chi connectivity index (χ0n) is 16.5. The number of rotatable bonds is 21. The summed E-state index contributed by atoms with van der Waals surface area (Å²) < 4.78 is 27.2. The molecule has 0 bridgehead atoms. The molecule has 7 heteroatoms. The van der Waals surface area contributed by atoms with Gasteiger partial charge in [-0.2, -0.15) is 0 Å². The number of hydrogen-bond donors (Lipinski definition) is 2. The summed E-state index contributed by atoms with van der Waals surface area (Å²) in [5.74, 6) is 0. The molecular formula is C18H40N2O5. The Kier molecular flexibility index (Phi) is 21.5. The lowest BCUT2D eigenvalue weighted by atomic mass is 10.3. The molecule has 25 heavy (non-hydrogen) atoms. The fourth-order valence-electron chi connectivity index (χ4n) is 1.90. The zero-order valence-corrected chi connectivity index (χ0v) is 16.5. The Bertz CT molecular complexity index is 246. The molecule has 0 rings (SSSR count). The van der Waals surface area contributed by atoms with Crippen molar-refractivity contribution in [3.8, 4) is 0 Å². The van der Waals surface area contributed by atoms with Crippen molar-refractivity contribution in [3.63, 3.8) is 0 Å². The zero-order chi connectivity index (χ0) is 18.4. The first kappa shape index (κ1) is 24.7. The second-order valence-electron chi connectivity index (χ2n) is 5.98. The molecule has 0 aliphatic heterocycles. The van der Waals surface area contributed by atoms with E-state index in [0.717, 1.165) is 39.1 Å². The van der Waals surface area contributed by atoms with Gasteiger partial charge >= 0.3 is 0 Å². The van der Waals surface area contributed by atoms with E-state index < -0.39 is 0 Å². The Morgan fingerprint density at radius 1 is 0.560 bits per heavy atom. The molecule has 0 aliphatic rings. The summed E-state index contributed by atoms with van der Waals surface area (Å²) in [5.41, 5.74) is 0. The normalized spacial score (nSPS) is 11.5. The predicted molar refractivity (Wildman–Crippen MR) is 100 cm³/mol. The van der Waals surface area contributed by atoms with Crippen molar-refractivity contribution in [2.75, 3.05) is 86.2 Å². The molecule has 0 saturated carbocycles. The fourth-order valence-corrected chi connectivity index (χ4v) is 1.90.